The predicted octanol–water partition coefficient (Wildman–Crippen LogP) is 2.53. The van der Waals surface area contributed by atoms with E-state index in [0.717, 1.165) is 18.5 Å². The lowest BCUT2D eigenvalue weighted by Crippen LogP contribution is -2.42. The van der Waals surface area contributed by atoms with Crippen LogP contribution in [0, 0.1) is 0 Å². The molecule has 2 unspecified atom stereocenters. The molecule has 0 saturated carbocycles. The molecule has 2 rings (SSSR count). The summed E-state index contributed by atoms with van der Waals surface area (Å²) in [5, 5.41) is 4.34. The predicted molar refractivity (Wildman–Crippen MR) is 74.3 cm³/mol. The van der Waals surface area contributed by atoms with Gasteiger partial charge in [0, 0.05) is 20.0 Å². The first-order chi connectivity index (χ1) is 8.50. The molecular weight excluding hydrogens is 271 g/mol. The molecule has 1 aliphatic heterocycles. The minimum atomic E-state index is -0.169. The Morgan fingerprint density at radius 1 is 1.33 bits per heavy atom. The Morgan fingerprint density at radius 2 is 2.06 bits per heavy atom. The van der Waals surface area contributed by atoms with Gasteiger partial charge in [-0.3, -0.25) is 4.79 Å². The van der Waals surface area contributed by atoms with Gasteiger partial charge in [0.05, 0.1) is 16.1 Å². The lowest BCUT2D eigenvalue weighted by molar-refractivity contribution is -0.130. The molecule has 2 atom stereocenters. The third-order valence-corrected chi connectivity index (χ3v) is 4.04. The van der Waals surface area contributed by atoms with Crippen molar-refractivity contribution in [1.29, 1.82) is 0 Å². The second-order valence-corrected chi connectivity index (χ2v) is 5.55. The summed E-state index contributed by atoms with van der Waals surface area (Å²) < 4.78 is 0. The third-order valence-electron chi connectivity index (χ3n) is 3.30. The van der Waals surface area contributed by atoms with Gasteiger partial charge in [0.2, 0.25) is 5.91 Å². The molecule has 0 spiro atoms. The molecule has 1 aliphatic rings. The van der Waals surface area contributed by atoms with Crippen molar-refractivity contribution in [1.82, 2.24) is 10.2 Å². The fraction of sp³-hybridized carbons (Fsp3) is 0.462. The van der Waals surface area contributed by atoms with E-state index < -0.39 is 0 Å². The Morgan fingerprint density at radius 3 is 2.67 bits per heavy atom. The fourth-order valence-electron chi connectivity index (χ4n) is 2.34. The Balaban J connectivity index is 2.26. The molecule has 98 valence electrons. The topological polar surface area (TPSA) is 32.3 Å². The first kappa shape index (κ1) is 13.7. The Bertz CT molecular complexity index is 462. The molecule has 1 saturated heterocycles. The minimum absolute atomic E-state index is 0.101. The molecule has 0 radical (unpaired) electrons. The van der Waals surface area contributed by atoms with Crippen molar-refractivity contribution in [3.63, 3.8) is 0 Å². The van der Waals surface area contributed by atoms with Gasteiger partial charge < -0.3 is 10.2 Å². The van der Waals surface area contributed by atoms with E-state index in [-0.39, 0.29) is 17.9 Å². The van der Waals surface area contributed by atoms with Gasteiger partial charge >= 0.3 is 0 Å². The quantitative estimate of drug-likeness (QED) is 0.906. The number of carbonyl (C=O) groups is 1. The molecule has 3 nitrogen and oxygen atoms in total. The summed E-state index contributed by atoms with van der Waals surface area (Å²) in [5.74, 6) is 0.262. The van der Waals surface area contributed by atoms with Crippen LogP contribution in [0.3, 0.4) is 0 Å². The summed E-state index contributed by atoms with van der Waals surface area (Å²) in [4.78, 5) is 13.7. The van der Waals surface area contributed by atoms with Crippen LogP contribution >= 0.6 is 23.2 Å². The summed E-state index contributed by atoms with van der Waals surface area (Å²) in [6, 6.07) is 5.42. The molecule has 0 aliphatic carbocycles. The summed E-state index contributed by atoms with van der Waals surface area (Å²) in [6.45, 7) is 0.842. The third kappa shape index (κ3) is 2.63. The molecule has 5 heteroatoms. The zero-order chi connectivity index (χ0) is 13.3. The molecule has 0 aromatic heterocycles. The van der Waals surface area contributed by atoms with Crippen molar-refractivity contribution < 1.29 is 4.79 Å². The largest absolute Gasteiger partial charge is 0.347 e. The summed E-state index contributed by atoms with van der Waals surface area (Å²) >= 11 is 11.9. The summed E-state index contributed by atoms with van der Waals surface area (Å²) in [5.41, 5.74) is 1.06. The Labute approximate surface area is 117 Å². The van der Waals surface area contributed by atoms with Crippen molar-refractivity contribution in [2.24, 2.45) is 0 Å². The van der Waals surface area contributed by atoms with Crippen molar-refractivity contribution in [3.8, 4) is 0 Å². The van der Waals surface area contributed by atoms with Crippen LogP contribution in [-0.4, -0.2) is 37.5 Å². The highest BCUT2D eigenvalue weighted by atomic mass is 35.5. The van der Waals surface area contributed by atoms with Crippen LogP contribution in [-0.2, 0) is 4.79 Å². The number of hydrogen-bond acceptors (Lipinski definition) is 2. The van der Waals surface area contributed by atoms with Gasteiger partial charge in [-0.15, -0.1) is 0 Å². The molecule has 18 heavy (non-hydrogen) atoms. The fourth-order valence-corrected chi connectivity index (χ4v) is 2.65. The highest BCUT2D eigenvalue weighted by molar-refractivity contribution is 6.42. The van der Waals surface area contributed by atoms with E-state index in [1.807, 2.05) is 12.1 Å². The van der Waals surface area contributed by atoms with E-state index in [0.29, 0.717) is 10.0 Å². The molecule has 1 fully saturated rings. The van der Waals surface area contributed by atoms with Gasteiger partial charge in [-0.1, -0.05) is 29.3 Å². The molecule has 1 N–H and O–H groups in total. The van der Waals surface area contributed by atoms with Gasteiger partial charge in [0.25, 0.3) is 0 Å². The first-order valence-electron chi connectivity index (χ1n) is 5.90. The van der Waals surface area contributed by atoms with Crippen LogP contribution in [0.2, 0.25) is 10.0 Å². The lowest BCUT2D eigenvalue weighted by Gasteiger charge is -2.22. The number of hydrogen-bond donors (Lipinski definition) is 1. The van der Waals surface area contributed by atoms with Gasteiger partial charge in [0.15, 0.2) is 0 Å². The van der Waals surface area contributed by atoms with E-state index >= 15 is 0 Å². The number of carbonyl (C=O) groups excluding carboxylic acids is 1. The maximum Gasteiger partial charge on any atom is 0.239 e. The van der Waals surface area contributed by atoms with Crippen LogP contribution in [0.4, 0.5) is 0 Å². The highest BCUT2D eigenvalue weighted by Gasteiger charge is 2.34. The zero-order valence-electron chi connectivity index (χ0n) is 10.4. The van der Waals surface area contributed by atoms with Crippen LogP contribution in [0.5, 0.6) is 0 Å². The molecular formula is C13H16Cl2N2O. The van der Waals surface area contributed by atoms with E-state index in [4.69, 9.17) is 23.2 Å². The SMILES string of the molecule is CN(C)C(=O)C1NCCC1c1ccc(Cl)c(Cl)c1. The minimum Gasteiger partial charge on any atom is -0.347 e. The first-order valence-corrected chi connectivity index (χ1v) is 6.66. The number of benzene rings is 1. The number of nitrogens with one attached hydrogen (secondary N) is 1. The standard InChI is InChI=1S/C13H16Cl2N2O/c1-17(2)13(18)12-9(5-6-16-12)8-3-4-10(14)11(15)7-8/h3-4,7,9,12,16H,5-6H2,1-2H3. The molecule has 0 bridgehead atoms. The van der Waals surface area contributed by atoms with Crippen molar-refractivity contribution in [3.05, 3.63) is 33.8 Å². The second kappa shape index (κ2) is 5.47. The van der Waals surface area contributed by atoms with E-state index in [1.54, 1.807) is 25.1 Å². The smallest absolute Gasteiger partial charge is 0.239 e. The maximum absolute atomic E-state index is 12.1. The van der Waals surface area contributed by atoms with Crippen LogP contribution in [0.25, 0.3) is 0 Å². The average molecular weight is 287 g/mol. The number of nitrogens with zero attached hydrogens (tertiary/aromatic N) is 1. The van der Waals surface area contributed by atoms with Crippen LogP contribution < -0.4 is 5.32 Å². The van der Waals surface area contributed by atoms with Gasteiger partial charge in [-0.25, -0.2) is 0 Å². The lowest BCUT2D eigenvalue weighted by atomic mass is 9.91. The Kier molecular flexibility index (Phi) is 4.15. The summed E-state index contributed by atoms with van der Waals surface area (Å²) in [7, 11) is 3.54. The van der Waals surface area contributed by atoms with Crippen molar-refractivity contribution in [2.45, 2.75) is 18.4 Å². The molecule has 1 amide bonds. The van der Waals surface area contributed by atoms with Gasteiger partial charge in [-0.05, 0) is 30.7 Å². The monoisotopic (exact) mass is 286 g/mol. The van der Waals surface area contributed by atoms with E-state index in [9.17, 15) is 4.79 Å². The number of amides is 1. The number of rotatable bonds is 2. The number of likely N-dealkylation sites (N-methyl/N-ethyl adjacent to an activating group) is 1. The summed E-state index contributed by atoms with van der Waals surface area (Å²) in [6.07, 6.45) is 0.933. The highest BCUT2D eigenvalue weighted by Crippen LogP contribution is 2.32. The van der Waals surface area contributed by atoms with Crippen molar-refractivity contribution >= 4 is 29.1 Å². The Hall–Kier alpha value is -0.770. The maximum atomic E-state index is 12.1. The second-order valence-electron chi connectivity index (χ2n) is 4.73. The van der Waals surface area contributed by atoms with Crippen LogP contribution in [0.1, 0.15) is 17.9 Å². The van der Waals surface area contributed by atoms with Crippen molar-refractivity contribution in [2.75, 3.05) is 20.6 Å². The molecule has 1 aromatic carbocycles. The normalized spacial score (nSPS) is 23.1. The average Bonchev–Trinajstić information content (AvgIpc) is 2.80. The molecule has 1 aromatic rings. The van der Waals surface area contributed by atoms with Gasteiger partial charge in [-0.2, -0.15) is 0 Å². The molecule has 1 heterocycles. The van der Waals surface area contributed by atoms with E-state index in [1.165, 1.54) is 0 Å². The van der Waals surface area contributed by atoms with E-state index in [2.05, 4.69) is 5.32 Å². The van der Waals surface area contributed by atoms with Crippen LogP contribution in [0.15, 0.2) is 18.2 Å². The number of halogens is 2. The zero-order valence-corrected chi connectivity index (χ0v) is 11.9. The van der Waals surface area contributed by atoms with Gasteiger partial charge in [0.1, 0.15) is 0 Å².